The number of methoxy groups -OCH3 is 1. The summed E-state index contributed by atoms with van der Waals surface area (Å²) in [6.07, 6.45) is 0. The van der Waals surface area contributed by atoms with Crippen molar-refractivity contribution in [3.8, 4) is 11.5 Å². The zero-order valence-electron chi connectivity index (χ0n) is 11.8. The fraction of sp³-hybridized carbons (Fsp3) is 0.571. The van der Waals surface area contributed by atoms with Gasteiger partial charge in [-0.3, -0.25) is 4.90 Å². The molecular weight excluding hydrogens is 228 g/mol. The molecule has 0 spiro atoms. The minimum absolute atomic E-state index is 0.00324. The van der Waals surface area contributed by atoms with Crippen molar-refractivity contribution in [3.63, 3.8) is 0 Å². The molecular formula is C14H24N2O2. The highest BCUT2D eigenvalue weighted by molar-refractivity contribution is 5.31. The van der Waals surface area contributed by atoms with Gasteiger partial charge in [0.2, 0.25) is 0 Å². The third kappa shape index (κ3) is 4.20. The van der Waals surface area contributed by atoms with Crippen LogP contribution < -0.4 is 15.2 Å². The summed E-state index contributed by atoms with van der Waals surface area (Å²) in [5.74, 6) is 1.69. The molecule has 0 aromatic heterocycles. The molecule has 0 aliphatic rings. The lowest BCUT2D eigenvalue weighted by Gasteiger charge is -2.34. The van der Waals surface area contributed by atoms with E-state index in [1.165, 1.54) is 0 Å². The van der Waals surface area contributed by atoms with E-state index in [-0.39, 0.29) is 5.54 Å². The van der Waals surface area contributed by atoms with Crippen LogP contribution in [0.25, 0.3) is 0 Å². The molecule has 0 radical (unpaired) electrons. The van der Waals surface area contributed by atoms with Crippen molar-refractivity contribution in [3.05, 3.63) is 24.3 Å². The fourth-order valence-corrected chi connectivity index (χ4v) is 1.43. The van der Waals surface area contributed by atoms with E-state index in [0.29, 0.717) is 13.2 Å². The molecule has 0 saturated carbocycles. The second kappa shape index (κ2) is 6.61. The number of likely N-dealkylation sites (N-methyl/N-ethyl adjacent to an activating group) is 1. The monoisotopic (exact) mass is 252 g/mol. The van der Waals surface area contributed by atoms with E-state index in [2.05, 4.69) is 25.8 Å². The van der Waals surface area contributed by atoms with Crippen LogP contribution in [0.1, 0.15) is 13.8 Å². The smallest absolute Gasteiger partial charge is 0.119 e. The van der Waals surface area contributed by atoms with Crippen LogP contribution in [0, 0.1) is 0 Å². The van der Waals surface area contributed by atoms with Crippen molar-refractivity contribution in [2.75, 3.05) is 33.9 Å². The summed E-state index contributed by atoms with van der Waals surface area (Å²) in [5, 5.41) is 0. The molecule has 102 valence electrons. The average molecular weight is 252 g/mol. The molecule has 1 aromatic rings. The predicted molar refractivity (Wildman–Crippen MR) is 74.3 cm³/mol. The van der Waals surface area contributed by atoms with E-state index < -0.39 is 0 Å². The van der Waals surface area contributed by atoms with E-state index in [9.17, 15) is 0 Å². The molecule has 1 rings (SSSR count). The maximum absolute atomic E-state index is 5.73. The summed E-state index contributed by atoms with van der Waals surface area (Å²) >= 11 is 0. The molecule has 4 heteroatoms. The second-order valence-electron chi connectivity index (χ2n) is 4.96. The SMILES string of the molecule is COc1ccc(OCCN(C)C(C)(C)CN)cc1. The van der Waals surface area contributed by atoms with Crippen LogP contribution in [-0.4, -0.2) is 44.3 Å². The van der Waals surface area contributed by atoms with Crippen LogP contribution in [0.15, 0.2) is 24.3 Å². The van der Waals surface area contributed by atoms with Gasteiger partial charge in [-0.25, -0.2) is 0 Å². The van der Waals surface area contributed by atoms with Gasteiger partial charge in [0.1, 0.15) is 18.1 Å². The number of rotatable bonds is 7. The van der Waals surface area contributed by atoms with E-state index in [4.69, 9.17) is 15.2 Å². The third-order valence-electron chi connectivity index (χ3n) is 3.29. The first kappa shape index (κ1) is 14.8. The maximum atomic E-state index is 5.73. The van der Waals surface area contributed by atoms with Crippen LogP contribution in [0.4, 0.5) is 0 Å². The Morgan fingerprint density at radius 3 is 2.22 bits per heavy atom. The van der Waals surface area contributed by atoms with Gasteiger partial charge in [0, 0.05) is 18.6 Å². The van der Waals surface area contributed by atoms with E-state index in [0.717, 1.165) is 18.0 Å². The van der Waals surface area contributed by atoms with Gasteiger partial charge in [-0.1, -0.05) is 0 Å². The standard InChI is InChI=1S/C14H24N2O2/c1-14(2,11-15)16(3)9-10-18-13-7-5-12(17-4)6-8-13/h5-8H,9-11,15H2,1-4H3. The van der Waals surface area contributed by atoms with Crippen molar-refractivity contribution in [1.29, 1.82) is 0 Å². The molecule has 0 fully saturated rings. The summed E-state index contributed by atoms with van der Waals surface area (Å²) in [7, 11) is 3.71. The first-order chi connectivity index (χ1) is 8.49. The Morgan fingerprint density at radius 1 is 1.17 bits per heavy atom. The van der Waals surface area contributed by atoms with Crippen LogP contribution in [-0.2, 0) is 0 Å². The van der Waals surface area contributed by atoms with Gasteiger partial charge < -0.3 is 15.2 Å². The average Bonchev–Trinajstić information content (AvgIpc) is 2.39. The Labute approximate surface area is 110 Å². The van der Waals surface area contributed by atoms with Crippen LogP contribution >= 0.6 is 0 Å². The summed E-state index contributed by atoms with van der Waals surface area (Å²) in [5.41, 5.74) is 5.73. The highest BCUT2D eigenvalue weighted by Gasteiger charge is 2.20. The van der Waals surface area contributed by atoms with Crippen LogP contribution in [0.3, 0.4) is 0 Å². The first-order valence-electron chi connectivity index (χ1n) is 6.18. The molecule has 4 nitrogen and oxygen atoms in total. The topological polar surface area (TPSA) is 47.7 Å². The van der Waals surface area contributed by atoms with E-state index >= 15 is 0 Å². The van der Waals surface area contributed by atoms with Gasteiger partial charge >= 0.3 is 0 Å². The number of nitrogens with zero attached hydrogens (tertiary/aromatic N) is 1. The van der Waals surface area contributed by atoms with E-state index in [1.54, 1.807) is 7.11 Å². The third-order valence-corrected chi connectivity index (χ3v) is 3.29. The van der Waals surface area contributed by atoms with Gasteiger partial charge in [-0.05, 0) is 45.2 Å². The number of hydrogen-bond acceptors (Lipinski definition) is 4. The van der Waals surface area contributed by atoms with Crippen LogP contribution in [0.2, 0.25) is 0 Å². The van der Waals surface area contributed by atoms with Gasteiger partial charge in [-0.2, -0.15) is 0 Å². The lowest BCUT2D eigenvalue weighted by Crippen LogP contribution is -2.48. The highest BCUT2D eigenvalue weighted by Crippen LogP contribution is 2.17. The molecule has 0 amide bonds. The Bertz CT molecular complexity index is 349. The number of benzene rings is 1. The Balaban J connectivity index is 2.37. The molecule has 0 aliphatic heterocycles. The summed E-state index contributed by atoms with van der Waals surface area (Å²) in [6, 6.07) is 7.60. The summed E-state index contributed by atoms with van der Waals surface area (Å²) in [4.78, 5) is 2.20. The van der Waals surface area contributed by atoms with Gasteiger partial charge in [0.25, 0.3) is 0 Å². The minimum atomic E-state index is 0.00324. The molecule has 0 bridgehead atoms. The van der Waals surface area contributed by atoms with Crippen LogP contribution in [0.5, 0.6) is 11.5 Å². The second-order valence-corrected chi connectivity index (χ2v) is 4.96. The van der Waals surface area contributed by atoms with Crippen molar-refractivity contribution in [1.82, 2.24) is 4.90 Å². The normalized spacial score (nSPS) is 11.7. The van der Waals surface area contributed by atoms with Crippen molar-refractivity contribution < 1.29 is 9.47 Å². The Kier molecular flexibility index (Phi) is 5.44. The number of hydrogen-bond donors (Lipinski definition) is 1. The lowest BCUT2D eigenvalue weighted by molar-refractivity contribution is 0.135. The number of nitrogens with two attached hydrogens (primary N) is 1. The quantitative estimate of drug-likeness (QED) is 0.803. The van der Waals surface area contributed by atoms with E-state index in [1.807, 2.05) is 24.3 Å². The van der Waals surface area contributed by atoms with Gasteiger partial charge in [-0.15, -0.1) is 0 Å². The first-order valence-corrected chi connectivity index (χ1v) is 6.18. The van der Waals surface area contributed by atoms with Gasteiger partial charge in [0.15, 0.2) is 0 Å². The zero-order valence-corrected chi connectivity index (χ0v) is 11.8. The predicted octanol–water partition coefficient (Wildman–Crippen LogP) is 1.74. The Hall–Kier alpha value is -1.26. The molecule has 0 aliphatic carbocycles. The van der Waals surface area contributed by atoms with Crippen molar-refractivity contribution in [2.24, 2.45) is 5.73 Å². The zero-order chi connectivity index (χ0) is 13.6. The maximum Gasteiger partial charge on any atom is 0.119 e. The summed E-state index contributed by atoms with van der Waals surface area (Å²) < 4.78 is 10.8. The highest BCUT2D eigenvalue weighted by atomic mass is 16.5. The molecule has 1 aromatic carbocycles. The van der Waals surface area contributed by atoms with Crippen molar-refractivity contribution in [2.45, 2.75) is 19.4 Å². The Morgan fingerprint density at radius 2 is 1.72 bits per heavy atom. The molecule has 0 saturated heterocycles. The lowest BCUT2D eigenvalue weighted by atomic mass is 10.0. The molecule has 0 atom stereocenters. The molecule has 0 heterocycles. The fourth-order valence-electron chi connectivity index (χ4n) is 1.43. The number of ether oxygens (including phenoxy) is 2. The van der Waals surface area contributed by atoms with Crippen molar-refractivity contribution >= 4 is 0 Å². The molecule has 0 unspecified atom stereocenters. The van der Waals surface area contributed by atoms with Gasteiger partial charge in [0.05, 0.1) is 7.11 Å². The summed E-state index contributed by atoms with van der Waals surface area (Å²) in [6.45, 7) is 6.37. The minimum Gasteiger partial charge on any atom is -0.497 e. The largest absolute Gasteiger partial charge is 0.497 e. The molecule has 18 heavy (non-hydrogen) atoms. The molecule has 2 N–H and O–H groups in total.